The van der Waals surface area contributed by atoms with E-state index in [1.54, 1.807) is 25.3 Å². The molecule has 3 aromatic heterocycles. The van der Waals surface area contributed by atoms with Crippen LogP contribution in [0.4, 0.5) is 11.5 Å². The molecule has 0 aliphatic heterocycles. The molecule has 0 spiro atoms. The number of carbonyl (C=O) groups is 1. The van der Waals surface area contributed by atoms with Gasteiger partial charge in [0.25, 0.3) is 5.91 Å². The van der Waals surface area contributed by atoms with Crippen molar-refractivity contribution in [3.05, 3.63) is 66.2 Å². The number of rotatable bonds is 5. The number of benzene rings is 1. The molecular weight excluding hydrogens is 384 g/mol. The summed E-state index contributed by atoms with van der Waals surface area (Å²) in [7, 11) is 1.47. The molecule has 0 aliphatic carbocycles. The van der Waals surface area contributed by atoms with Gasteiger partial charge in [-0.15, -0.1) is 0 Å². The van der Waals surface area contributed by atoms with Crippen molar-refractivity contribution in [2.75, 3.05) is 18.2 Å². The van der Waals surface area contributed by atoms with Crippen LogP contribution in [0.1, 0.15) is 16.1 Å². The molecule has 0 fully saturated rings. The van der Waals surface area contributed by atoms with Crippen LogP contribution in [-0.4, -0.2) is 33.1 Å². The summed E-state index contributed by atoms with van der Waals surface area (Å²) in [6.45, 7) is 1.69. The standard InChI is InChI=1S/C21H18N6O3/c1-12-18(19(27-30-12)13-6-4-3-5-7-13)20(28)25-15-9-8-14(26-21(15)29-2)16-10-23-11-17(22)24-16/h3-11H,1-2H3,(H2,22,24)(H,25,28). The first-order valence-corrected chi connectivity index (χ1v) is 9.03. The highest BCUT2D eigenvalue weighted by Gasteiger charge is 2.23. The molecule has 4 rings (SSSR count). The zero-order valence-electron chi connectivity index (χ0n) is 16.3. The number of methoxy groups -OCH3 is 1. The molecule has 3 heterocycles. The van der Waals surface area contributed by atoms with E-state index in [1.807, 2.05) is 30.3 Å². The maximum Gasteiger partial charge on any atom is 0.261 e. The van der Waals surface area contributed by atoms with Crippen LogP contribution in [0.5, 0.6) is 5.88 Å². The Morgan fingerprint density at radius 1 is 1.07 bits per heavy atom. The first-order valence-electron chi connectivity index (χ1n) is 9.03. The van der Waals surface area contributed by atoms with Crippen LogP contribution >= 0.6 is 0 Å². The van der Waals surface area contributed by atoms with Crippen molar-refractivity contribution in [3.8, 4) is 28.5 Å². The van der Waals surface area contributed by atoms with E-state index in [-0.39, 0.29) is 17.6 Å². The van der Waals surface area contributed by atoms with Crippen LogP contribution in [0.15, 0.2) is 59.4 Å². The van der Waals surface area contributed by atoms with E-state index in [4.69, 9.17) is 15.0 Å². The topological polar surface area (TPSA) is 129 Å². The number of nitrogens with zero attached hydrogens (tertiary/aromatic N) is 4. The fourth-order valence-electron chi connectivity index (χ4n) is 2.96. The van der Waals surface area contributed by atoms with Crippen LogP contribution in [0.2, 0.25) is 0 Å². The first-order chi connectivity index (χ1) is 14.6. The van der Waals surface area contributed by atoms with E-state index in [1.165, 1.54) is 13.3 Å². The minimum absolute atomic E-state index is 0.223. The SMILES string of the molecule is COc1nc(-c2cncc(N)n2)ccc1NC(=O)c1c(-c2ccccc2)noc1C. The Balaban J connectivity index is 1.65. The predicted octanol–water partition coefficient (Wildman–Crippen LogP) is 3.35. The second-order valence-corrected chi connectivity index (χ2v) is 6.37. The number of aryl methyl sites for hydroxylation is 1. The van der Waals surface area contributed by atoms with Gasteiger partial charge in [0.05, 0.1) is 25.2 Å². The van der Waals surface area contributed by atoms with E-state index < -0.39 is 0 Å². The summed E-state index contributed by atoms with van der Waals surface area (Å²) >= 11 is 0. The fourth-order valence-corrected chi connectivity index (χ4v) is 2.96. The largest absolute Gasteiger partial charge is 0.479 e. The second kappa shape index (κ2) is 8.00. The molecule has 0 atom stereocenters. The Morgan fingerprint density at radius 2 is 1.87 bits per heavy atom. The van der Waals surface area contributed by atoms with Gasteiger partial charge >= 0.3 is 0 Å². The third kappa shape index (κ3) is 3.68. The number of ether oxygens (including phenoxy) is 1. The molecule has 9 nitrogen and oxygen atoms in total. The number of carbonyl (C=O) groups excluding carboxylic acids is 1. The molecule has 0 saturated heterocycles. The van der Waals surface area contributed by atoms with E-state index in [0.717, 1.165) is 5.56 Å². The molecule has 9 heteroatoms. The summed E-state index contributed by atoms with van der Waals surface area (Å²) in [4.78, 5) is 25.6. The van der Waals surface area contributed by atoms with Crippen LogP contribution in [0.3, 0.4) is 0 Å². The van der Waals surface area contributed by atoms with Crippen LogP contribution < -0.4 is 15.8 Å². The molecule has 1 amide bonds. The molecule has 0 saturated carbocycles. The Hall–Kier alpha value is -4.27. The lowest BCUT2D eigenvalue weighted by atomic mass is 10.1. The molecule has 0 radical (unpaired) electrons. The van der Waals surface area contributed by atoms with Crippen LogP contribution in [0.25, 0.3) is 22.6 Å². The molecule has 0 unspecified atom stereocenters. The molecule has 1 aromatic carbocycles. The second-order valence-electron chi connectivity index (χ2n) is 6.37. The lowest BCUT2D eigenvalue weighted by molar-refractivity contribution is 0.102. The molecule has 30 heavy (non-hydrogen) atoms. The van der Waals surface area contributed by atoms with Gasteiger partial charge in [0.15, 0.2) is 0 Å². The third-order valence-electron chi connectivity index (χ3n) is 4.35. The summed E-state index contributed by atoms with van der Waals surface area (Å²) in [6, 6.07) is 12.7. The number of pyridine rings is 1. The monoisotopic (exact) mass is 402 g/mol. The Morgan fingerprint density at radius 3 is 2.60 bits per heavy atom. The van der Waals surface area contributed by atoms with E-state index >= 15 is 0 Å². The highest BCUT2D eigenvalue weighted by atomic mass is 16.5. The van der Waals surface area contributed by atoms with Crippen molar-refractivity contribution in [2.45, 2.75) is 6.92 Å². The van der Waals surface area contributed by atoms with Crippen molar-refractivity contribution in [1.82, 2.24) is 20.1 Å². The molecule has 150 valence electrons. The minimum Gasteiger partial charge on any atom is -0.479 e. The molecule has 3 N–H and O–H groups in total. The smallest absolute Gasteiger partial charge is 0.261 e. The van der Waals surface area contributed by atoms with E-state index in [9.17, 15) is 4.79 Å². The van der Waals surface area contributed by atoms with E-state index in [0.29, 0.717) is 34.1 Å². The Bertz CT molecular complexity index is 1210. The Labute approximate surface area is 171 Å². The lowest BCUT2D eigenvalue weighted by Crippen LogP contribution is -2.14. The number of nitrogen functional groups attached to an aromatic ring is 1. The van der Waals surface area contributed by atoms with Gasteiger partial charge in [0.1, 0.15) is 34.2 Å². The minimum atomic E-state index is -0.385. The summed E-state index contributed by atoms with van der Waals surface area (Å²) in [5.41, 5.74) is 8.66. The van der Waals surface area contributed by atoms with Crippen molar-refractivity contribution >= 4 is 17.4 Å². The number of aromatic nitrogens is 4. The van der Waals surface area contributed by atoms with Crippen molar-refractivity contribution < 1.29 is 14.1 Å². The van der Waals surface area contributed by atoms with Crippen LogP contribution in [-0.2, 0) is 0 Å². The quantitative estimate of drug-likeness (QED) is 0.520. The first kappa shape index (κ1) is 19.1. The van der Waals surface area contributed by atoms with Gasteiger partial charge in [-0.1, -0.05) is 35.5 Å². The number of nitrogens with one attached hydrogen (secondary N) is 1. The zero-order valence-corrected chi connectivity index (χ0v) is 16.3. The highest BCUT2D eigenvalue weighted by Crippen LogP contribution is 2.29. The number of anilines is 2. The van der Waals surface area contributed by atoms with E-state index in [2.05, 4.69) is 25.4 Å². The third-order valence-corrected chi connectivity index (χ3v) is 4.35. The van der Waals surface area contributed by atoms with Gasteiger partial charge in [-0.3, -0.25) is 9.78 Å². The summed E-state index contributed by atoms with van der Waals surface area (Å²) < 4.78 is 10.6. The average molecular weight is 402 g/mol. The molecule has 0 bridgehead atoms. The maximum atomic E-state index is 13.0. The van der Waals surface area contributed by atoms with Crippen molar-refractivity contribution in [2.24, 2.45) is 0 Å². The number of amides is 1. The molecular formula is C21H18N6O3. The number of hydrogen-bond acceptors (Lipinski definition) is 8. The van der Waals surface area contributed by atoms with Crippen LogP contribution in [0, 0.1) is 6.92 Å². The van der Waals surface area contributed by atoms with Gasteiger partial charge < -0.3 is 20.3 Å². The Kier molecular flexibility index (Phi) is 5.08. The summed E-state index contributed by atoms with van der Waals surface area (Å²) in [5, 5.41) is 6.86. The highest BCUT2D eigenvalue weighted by molar-refractivity contribution is 6.09. The van der Waals surface area contributed by atoms with Crippen molar-refractivity contribution in [1.29, 1.82) is 0 Å². The zero-order chi connectivity index (χ0) is 21.1. The molecule has 0 aliphatic rings. The normalized spacial score (nSPS) is 10.6. The average Bonchev–Trinajstić information content (AvgIpc) is 3.16. The fraction of sp³-hybridized carbons (Fsp3) is 0.0952. The van der Waals surface area contributed by atoms with Gasteiger partial charge in [0, 0.05) is 5.56 Å². The summed E-state index contributed by atoms with van der Waals surface area (Å²) in [6.07, 6.45) is 2.99. The number of hydrogen-bond donors (Lipinski definition) is 2. The maximum absolute atomic E-state index is 13.0. The lowest BCUT2D eigenvalue weighted by Gasteiger charge is -2.11. The number of nitrogens with two attached hydrogens (primary N) is 1. The predicted molar refractivity (Wildman–Crippen MR) is 111 cm³/mol. The summed E-state index contributed by atoms with van der Waals surface area (Å²) in [5.74, 6) is 0.525. The van der Waals surface area contributed by atoms with Gasteiger partial charge in [-0.2, -0.15) is 0 Å². The van der Waals surface area contributed by atoms with Crippen molar-refractivity contribution in [3.63, 3.8) is 0 Å². The van der Waals surface area contributed by atoms with Gasteiger partial charge in [-0.05, 0) is 19.1 Å². The molecule has 4 aromatic rings. The van der Waals surface area contributed by atoms with Gasteiger partial charge in [0.2, 0.25) is 5.88 Å². The van der Waals surface area contributed by atoms with Gasteiger partial charge in [-0.25, -0.2) is 9.97 Å².